The van der Waals surface area contributed by atoms with Crippen LogP contribution in [-0.2, 0) is 22.4 Å². The maximum atomic E-state index is 14.6. The van der Waals surface area contributed by atoms with E-state index in [9.17, 15) is 9.18 Å². The van der Waals surface area contributed by atoms with Crippen LogP contribution in [0.25, 0.3) is 10.8 Å². The molecule has 5 aliphatic heterocycles. The third-order valence-electron chi connectivity index (χ3n) is 11.2. The number of hydrogen-bond donors (Lipinski definition) is 0. The number of alkyl halides is 1. The van der Waals surface area contributed by atoms with Crippen molar-refractivity contribution in [2.75, 3.05) is 63.0 Å². The maximum absolute atomic E-state index is 14.6. The lowest BCUT2D eigenvalue weighted by atomic mass is 9.95. The normalized spacial score (nSPS) is 26.1. The first-order valence-corrected chi connectivity index (χ1v) is 18.6. The molecule has 1 aromatic heterocycles. The summed E-state index contributed by atoms with van der Waals surface area (Å²) >= 11 is 6.84. The average molecular weight is 723 g/mol. The second-order valence-electron chi connectivity index (χ2n) is 15.8. The Morgan fingerprint density at radius 2 is 1.86 bits per heavy atom. The van der Waals surface area contributed by atoms with E-state index in [1.165, 1.54) is 0 Å². The third kappa shape index (κ3) is 6.63. The summed E-state index contributed by atoms with van der Waals surface area (Å²) in [7, 11) is 1.60. The average Bonchev–Trinajstić information content (AvgIpc) is 3.71. The highest BCUT2D eigenvalue weighted by molar-refractivity contribution is 6.36. The zero-order chi connectivity index (χ0) is 35.5. The van der Waals surface area contributed by atoms with Crippen molar-refractivity contribution in [3.05, 3.63) is 46.6 Å². The van der Waals surface area contributed by atoms with Crippen LogP contribution in [0.3, 0.4) is 0 Å². The Morgan fingerprint density at radius 1 is 1.06 bits per heavy atom. The van der Waals surface area contributed by atoms with E-state index in [1.807, 2.05) is 56.0 Å². The predicted molar refractivity (Wildman–Crippen MR) is 194 cm³/mol. The molecule has 0 saturated carbocycles. The maximum Gasteiger partial charge on any atom is 0.410 e. The van der Waals surface area contributed by atoms with Gasteiger partial charge in [0.05, 0.1) is 40.6 Å². The van der Waals surface area contributed by atoms with Gasteiger partial charge in [0.2, 0.25) is 0 Å². The summed E-state index contributed by atoms with van der Waals surface area (Å²) in [5.41, 5.74) is 2.07. The quantitative estimate of drug-likeness (QED) is 0.244. The van der Waals surface area contributed by atoms with Crippen molar-refractivity contribution in [2.24, 2.45) is 0 Å². The summed E-state index contributed by atoms with van der Waals surface area (Å²) in [6.45, 7) is 10.1. The van der Waals surface area contributed by atoms with Crippen LogP contribution < -0.4 is 19.3 Å². The second kappa shape index (κ2) is 13.4. The highest BCUT2D eigenvalue weighted by atomic mass is 35.5. The zero-order valence-electron chi connectivity index (χ0n) is 30.0. The van der Waals surface area contributed by atoms with Crippen molar-refractivity contribution in [1.82, 2.24) is 19.8 Å². The molecule has 51 heavy (non-hydrogen) atoms. The Labute approximate surface area is 303 Å². The van der Waals surface area contributed by atoms with Crippen LogP contribution in [0.5, 0.6) is 11.8 Å². The van der Waals surface area contributed by atoms with Crippen LogP contribution >= 0.6 is 11.6 Å². The van der Waals surface area contributed by atoms with Crippen LogP contribution in [0, 0.1) is 0 Å². The van der Waals surface area contributed by atoms with Gasteiger partial charge in [0, 0.05) is 56.7 Å². The highest BCUT2D eigenvalue weighted by Crippen LogP contribution is 2.43. The van der Waals surface area contributed by atoms with E-state index in [4.69, 9.17) is 40.5 Å². The van der Waals surface area contributed by atoms with Crippen LogP contribution in [0.2, 0.25) is 5.02 Å². The molecule has 0 N–H and O–H groups in total. The highest BCUT2D eigenvalue weighted by Gasteiger charge is 2.50. The van der Waals surface area contributed by atoms with Gasteiger partial charge in [-0.3, -0.25) is 9.80 Å². The summed E-state index contributed by atoms with van der Waals surface area (Å²) in [6.07, 6.45) is 3.88. The molecule has 5 aliphatic rings. The number of amides is 1. The molecule has 1 amide bonds. The first-order valence-electron chi connectivity index (χ1n) is 18.3. The molecule has 6 heterocycles. The second-order valence-corrected chi connectivity index (χ2v) is 16.2. The third-order valence-corrected chi connectivity index (χ3v) is 11.5. The lowest BCUT2D eigenvalue weighted by Gasteiger charge is -2.43. The Kier molecular flexibility index (Phi) is 9.07. The molecule has 4 atom stereocenters. The van der Waals surface area contributed by atoms with Gasteiger partial charge in [0.25, 0.3) is 0 Å². The Balaban J connectivity index is 1.13. The van der Waals surface area contributed by atoms with E-state index in [-0.39, 0.29) is 30.5 Å². The van der Waals surface area contributed by atoms with Gasteiger partial charge in [-0.1, -0.05) is 23.7 Å². The summed E-state index contributed by atoms with van der Waals surface area (Å²) in [5.74, 6) is 1.56. The van der Waals surface area contributed by atoms with Crippen LogP contribution in [-0.4, -0.2) is 108 Å². The van der Waals surface area contributed by atoms with Crippen molar-refractivity contribution in [3.8, 4) is 11.8 Å². The van der Waals surface area contributed by atoms with Crippen molar-refractivity contribution in [1.29, 1.82) is 0 Å². The number of hydrogen-bond acceptors (Lipinski definition) is 10. The Hall–Kier alpha value is -3.61. The van der Waals surface area contributed by atoms with E-state index in [0.29, 0.717) is 62.4 Å². The van der Waals surface area contributed by atoms with Gasteiger partial charge in [-0.25, -0.2) is 9.18 Å². The molecule has 274 valence electrons. The Bertz CT molecular complexity index is 1790. The van der Waals surface area contributed by atoms with Gasteiger partial charge in [0.15, 0.2) is 6.79 Å². The molecule has 4 fully saturated rings. The molecule has 13 heteroatoms. The molecular formula is C38H48ClFN6O5. The Morgan fingerprint density at radius 3 is 2.63 bits per heavy atom. The van der Waals surface area contributed by atoms with E-state index in [2.05, 4.69) is 14.7 Å². The molecule has 8 rings (SSSR count). The van der Waals surface area contributed by atoms with Crippen molar-refractivity contribution < 1.29 is 28.1 Å². The summed E-state index contributed by atoms with van der Waals surface area (Å²) in [6, 6.07) is 10.3. The van der Waals surface area contributed by atoms with Crippen LogP contribution in [0.1, 0.15) is 64.1 Å². The number of fused-ring (bicyclic) bond motifs is 5. The number of rotatable bonds is 8. The van der Waals surface area contributed by atoms with Crippen molar-refractivity contribution in [2.45, 2.75) is 95.2 Å². The van der Waals surface area contributed by atoms with Gasteiger partial charge in [-0.05, 0) is 76.9 Å². The predicted octanol–water partition coefficient (Wildman–Crippen LogP) is 6.37. The summed E-state index contributed by atoms with van der Waals surface area (Å²) < 4.78 is 38.1. The molecule has 3 aromatic rings. The number of aromatic nitrogens is 2. The number of halogens is 2. The molecule has 0 spiro atoms. The lowest BCUT2D eigenvalue weighted by Crippen LogP contribution is -2.57. The molecule has 4 saturated heterocycles. The number of piperazine rings is 1. The fraction of sp³-hybridized carbons (Fsp3) is 0.605. The fourth-order valence-corrected chi connectivity index (χ4v) is 9.33. The van der Waals surface area contributed by atoms with Gasteiger partial charge >= 0.3 is 12.1 Å². The van der Waals surface area contributed by atoms with Crippen LogP contribution in [0.15, 0.2) is 30.3 Å². The van der Waals surface area contributed by atoms with Crippen LogP contribution in [0.4, 0.5) is 20.7 Å². The van der Waals surface area contributed by atoms with Crippen molar-refractivity contribution >= 4 is 40.0 Å². The number of ether oxygens (including phenoxy) is 4. The monoisotopic (exact) mass is 722 g/mol. The molecule has 11 nitrogen and oxygen atoms in total. The standard InChI is InChI=1S/C38H48ClFN6O5/c1-37(2,3)51-36(47)46-26-9-10-27(46)20-44(19-26)34-29-11-14-43(32-16-28(50-23-48-4)15-24-7-5-8-30(39)33(24)32)21-31(29)41-35(42-34)49-22-38-12-6-13-45(38)18-25(40)17-38/h5,7-8,15-16,25-27H,6,9-14,17-23H2,1-4H3/t25-,26+,27+,38+/m1/s1. The van der Waals surface area contributed by atoms with Gasteiger partial charge in [-0.2, -0.15) is 9.97 Å². The van der Waals surface area contributed by atoms with E-state index < -0.39 is 11.8 Å². The first-order chi connectivity index (χ1) is 24.5. The van der Waals surface area contributed by atoms with E-state index in [1.54, 1.807) is 7.11 Å². The SMILES string of the molecule is COCOc1cc(N2CCc3c(nc(OC[C@@]45CCCN4C[C@H](F)C5)nc3N3C[C@@H]4CC[C@@H](C3)N4C(=O)OC(C)(C)C)C2)c2c(Cl)cccc2c1. The summed E-state index contributed by atoms with van der Waals surface area (Å²) in [5, 5.41) is 2.60. The minimum Gasteiger partial charge on any atom is -0.467 e. The smallest absolute Gasteiger partial charge is 0.410 e. The van der Waals surface area contributed by atoms with E-state index >= 15 is 0 Å². The molecule has 0 unspecified atom stereocenters. The van der Waals surface area contributed by atoms with Gasteiger partial charge < -0.3 is 28.7 Å². The number of anilines is 2. The van der Waals surface area contributed by atoms with Gasteiger partial charge in [-0.15, -0.1) is 0 Å². The number of carbonyl (C=O) groups is 1. The topological polar surface area (TPSA) is 92.7 Å². The lowest BCUT2D eigenvalue weighted by molar-refractivity contribution is 0.0122. The minimum absolute atomic E-state index is 0.0305. The largest absolute Gasteiger partial charge is 0.467 e. The molecule has 0 radical (unpaired) electrons. The number of benzene rings is 2. The zero-order valence-corrected chi connectivity index (χ0v) is 30.8. The molecule has 2 aromatic carbocycles. The first kappa shape index (κ1) is 34.5. The number of methoxy groups -OCH3 is 1. The molecular weight excluding hydrogens is 675 g/mol. The molecule has 0 aliphatic carbocycles. The summed E-state index contributed by atoms with van der Waals surface area (Å²) in [4.78, 5) is 32.3. The van der Waals surface area contributed by atoms with Gasteiger partial charge in [0.1, 0.15) is 29.9 Å². The number of carbonyl (C=O) groups excluding carboxylic acids is 1. The minimum atomic E-state index is -0.843. The van der Waals surface area contributed by atoms with E-state index in [0.717, 1.165) is 72.3 Å². The molecule has 2 bridgehead atoms. The van der Waals surface area contributed by atoms with Crippen molar-refractivity contribution in [3.63, 3.8) is 0 Å². The number of nitrogens with zero attached hydrogens (tertiary/aromatic N) is 6. The fourth-order valence-electron chi connectivity index (χ4n) is 9.05.